The van der Waals surface area contributed by atoms with Crippen molar-refractivity contribution in [3.63, 3.8) is 0 Å². The van der Waals surface area contributed by atoms with Crippen LogP contribution in [-0.2, 0) is 0 Å². The molecule has 0 aliphatic heterocycles. The van der Waals surface area contributed by atoms with Crippen molar-refractivity contribution in [1.29, 1.82) is 0 Å². The molecule has 0 bridgehead atoms. The first-order valence-electron chi connectivity index (χ1n) is 6.44. The van der Waals surface area contributed by atoms with Crippen LogP contribution >= 0.6 is 0 Å². The fourth-order valence-corrected chi connectivity index (χ4v) is 2.21. The predicted octanol–water partition coefficient (Wildman–Crippen LogP) is 1.82. The number of fused-ring (bicyclic) bond motifs is 1. The molecule has 0 unspecified atom stereocenters. The molecule has 19 heavy (non-hydrogen) atoms. The maximum Gasteiger partial charge on any atom is 0.258 e. The number of terminal acetylenes is 1. The van der Waals surface area contributed by atoms with E-state index in [0.29, 0.717) is 18.0 Å². The highest BCUT2D eigenvalue weighted by molar-refractivity contribution is 6.00. The number of hydrogen-bond donors (Lipinski definition) is 0. The summed E-state index contributed by atoms with van der Waals surface area (Å²) in [6.07, 6.45) is 11.2. The van der Waals surface area contributed by atoms with E-state index in [4.69, 9.17) is 6.42 Å². The number of aromatic nitrogens is 2. The van der Waals surface area contributed by atoms with E-state index < -0.39 is 0 Å². The third-order valence-corrected chi connectivity index (χ3v) is 3.40. The van der Waals surface area contributed by atoms with Crippen LogP contribution in [0.1, 0.15) is 23.2 Å². The van der Waals surface area contributed by atoms with Crippen molar-refractivity contribution in [1.82, 2.24) is 14.5 Å². The number of amides is 1. The Bertz CT molecular complexity index is 649. The molecule has 0 saturated heterocycles. The summed E-state index contributed by atoms with van der Waals surface area (Å²) in [5.74, 6) is 3.17. The van der Waals surface area contributed by atoms with Gasteiger partial charge in [-0.15, -0.1) is 6.42 Å². The second-order valence-electron chi connectivity index (χ2n) is 4.92. The largest absolute Gasteiger partial charge is 0.327 e. The summed E-state index contributed by atoms with van der Waals surface area (Å²) in [6.45, 7) is 1.12. The highest BCUT2D eigenvalue weighted by Gasteiger charge is 2.27. The molecule has 3 rings (SSSR count). The summed E-state index contributed by atoms with van der Waals surface area (Å²) < 4.78 is 1.71. The molecule has 0 aromatic carbocycles. The minimum atomic E-state index is -0.0222. The van der Waals surface area contributed by atoms with Crippen molar-refractivity contribution in [3.05, 3.63) is 36.2 Å². The van der Waals surface area contributed by atoms with Gasteiger partial charge in [0, 0.05) is 12.7 Å². The summed E-state index contributed by atoms with van der Waals surface area (Å²) >= 11 is 0. The second kappa shape index (κ2) is 4.77. The zero-order valence-corrected chi connectivity index (χ0v) is 10.6. The topological polar surface area (TPSA) is 37.6 Å². The first kappa shape index (κ1) is 11.8. The van der Waals surface area contributed by atoms with Gasteiger partial charge in [0.15, 0.2) is 0 Å². The Hall–Kier alpha value is -2.28. The zero-order chi connectivity index (χ0) is 13.2. The van der Waals surface area contributed by atoms with Crippen molar-refractivity contribution < 1.29 is 4.79 Å². The zero-order valence-electron chi connectivity index (χ0n) is 10.6. The number of carbonyl (C=O) groups is 1. The lowest BCUT2D eigenvalue weighted by Crippen LogP contribution is -2.33. The summed E-state index contributed by atoms with van der Waals surface area (Å²) in [4.78, 5) is 14.3. The van der Waals surface area contributed by atoms with E-state index in [-0.39, 0.29) is 5.91 Å². The van der Waals surface area contributed by atoms with E-state index >= 15 is 0 Å². The Labute approximate surface area is 112 Å². The molecule has 4 nitrogen and oxygen atoms in total. The van der Waals surface area contributed by atoms with Gasteiger partial charge in [0.25, 0.3) is 5.91 Å². The summed E-state index contributed by atoms with van der Waals surface area (Å²) in [5.41, 5.74) is 1.45. The first-order chi connectivity index (χ1) is 9.29. The molecular formula is C15H15N3O. The van der Waals surface area contributed by atoms with Crippen LogP contribution in [0.5, 0.6) is 0 Å². The van der Waals surface area contributed by atoms with Crippen LogP contribution in [0.4, 0.5) is 0 Å². The van der Waals surface area contributed by atoms with Gasteiger partial charge in [0.05, 0.1) is 23.8 Å². The molecule has 2 heterocycles. The van der Waals surface area contributed by atoms with Crippen LogP contribution in [0.25, 0.3) is 5.52 Å². The van der Waals surface area contributed by atoms with Gasteiger partial charge in [-0.25, -0.2) is 4.52 Å². The van der Waals surface area contributed by atoms with E-state index in [1.807, 2.05) is 24.4 Å². The molecule has 2 aromatic rings. The molecule has 2 aromatic heterocycles. The summed E-state index contributed by atoms with van der Waals surface area (Å²) in [7, 11) is 0. The van der Waals surface area contributed by atoms with Gasteiger partial charge >= 0.3 is 0 Å². The Morgan fingerprint density at radius 1 is 1.53 bits per heavy atom. The predicted molar refractivity (Wildman–Crippen MR) is 72.7 cm³/mol. The van der Waals surface area contributed by atoms with Gasteiger partial charge in [0.2, 0.25) is 0 Å². The van der Waals surface area contributed by atoms with Crippen LogP contribution < -0.4 is 0 Å². The normalized spacial score (nSPS) is 14.3. The maximum atomic E-state index is 12.6. The molecule has 4 heteroatoms. The Morgan fingerprint density at radius 2 is 2.37 bits per heavy atom. The molecule has 96 valence electrons. The van der Waals surface area contributed by atoms with E-state index in [1.165, 1.54) is 12.8 Å². The van der Waals surface area contributed by atoms with E-state index in [9.17, 15) is 4.79 Å². The quantitative estimate of drug-likeness (QED) is 0.779. The summed E-state index contributed by atoms with van der Waals surface area (Å²) in [5, 5.41) is 4.19. The Balaban J connectivity index is 1.90. The number of carbonyl (C=O) groups excluding carboxylic acids is 1. The average Bonchev–Trinajstić information content (AvgIpc) is 3.14. The van der Waals surface area contributed by atoms with Gasteiger partial charge in [0.1, 0.15) is 0 Å². The lowest BCUT2D eigenvalue weighted by atomic mass is 10.2. The van der Waals surface area contributed by atoms with Gasteiger partial charge in [-0.3, -0.25) is 4.79 Å². The highest BCUT2D eigenvalue weighted by Crippen LogP contribution is 2.30. The average molecular weight is 253 g/mol. The lowest BCUT2D eigenvalue weighted by molar-refractivity contribution is 0.0771. The Kier molecular flexibility index (Phi) is 2.96. The second-order valence-corrected chi connectivity index (χ2v) is 4.92. The third kappa shape index (κ3) is 2.32. The minimum absolute atomic E-state index is 0.0222. The summed E-state index contributed by atoms with van der Waals surface area (Å²) in [6, 6.07) is 5.68. The van der Waals surface area contributed by atoms with Crippen LogP contribution in [0.15, 0.2) is 30.6 Å². The first-order valence-corrected chi connectivity index (χ1v) is 6.44. The fourth-order valence-electron chi connectivity index (χ4n) is 2.21. The van der Waals surface area contributed by atoms with Crippen LogP contribution in [0.2, 0.25) is 0 Å². The van der Waals surface area contributed by atoms with Crippen molar-refractivity contribution in [2.75, 3.05) is 13.1 Å². The third-order valence-electron chi connectivity index (χ3n) is 3.40. The van der Waals surface area contributed by atoms with Crippen molar-refractivity contribution in [3.8, 4) is 12.3 Å². The maximum absolute atomic E-state index is 12.6. The number of hydrogen-bond acceptors (Lipinski definition) is 2. The SMILES string of the molecule is C#CCN(CC1CC1)C(=O)c1cnn2ccccc12. The highest BCUT2D eigenvalue weighted by atomic mass is 16.2. The molecule has 1 aliphatic rings. The molecular weight excluding hydrogens is 238 g/mol. The fraction of sp³-hybridized carbons (Fsp3) is 0.333. The molecule has 1 aliphatic carbocycles. The molecule has 0 atom stereocenters. The molecule has 1 saturated carbocycles. The Morgan fingerprint density at radius 3 is 3.11 bits per heavy atom. The van der Waals surface area contributed by atoms with E-state index in [0.717, 1.165) is 12.1 Å². The number of nitrogens with zero attached hydrogens (tertiary/aromatic N) is 3. The molecule has 0 N–H and O–H groups in total. The number of pyridine rings is 1. The van der Waals surface area contributed by atoms with Crippen LogP contribution in [0, 0.1) is 18.3 Å². The van der Waals surface area contributed by atoms with Crippen LogP contribution in [0.3, 0.4) is 0 Å². The lowest BCUT2D eigenvalue weighted by Gasteiger charge is -2.19. The van der Waals surface area contributed by atoms with E-state index in [2.05, 4.69) is 11.0 Å². The monoisotopic (exact) mass is 253 g/mol. The van der Waals surface area contributed by atoms with E-state index in [1.54, 1.807) is 15.6 Å². The molecule has 0 spiro atoms. The van der Waals surface area contributed by atoms with Gasteiger partial charge in [-0.2, -0.15) is 5.10 Å². The van der Waals surface area contributed by atoms with Crippen LogP contribution in [-0.4, -0.2) is 33.5 Å². The minimum Gasteiger partial charge on any atom is -0.327 e. The molecule has 1 amide bonds. The molecule has 1 fully saturated rings. The van der Waals surface area contributed by atoms with Gasteiger partial charge in [-0.05, 0) is 30.9 Å². The standard InChI is InChI=1S/C15H15N3O/c1-2-8-17(11-12-6-7-12)15(19)13-10-16-18-9-4-3-5-14(13)18/h1,3-5,9-10,12H,6-8,11H2. The molecule has 0 radical (unpaired) electrons. The van der Waals surface area contributed by atoms with Crippen molar-refractivity contribution >= 4 is 11.4 Å². The smallest absolute Gasteiger partial charge is 0.258 e. The van der Waals surface area contributed by atoms with Gasteiger partial charge in [-0.1, -0.05) is 12.0 Å². The van der Waals surface area contributed by atoms with Gasteiger partial charge < -0.3 is 4.90 Å². The number of rotatable bonds is 4. The van der Waals surface area contributed by atoms with Crippen molar-refractivity contribution in [2.45, 2.75) is 12.8 Å². The van der Waals surface area contributed by atoms with Crippen molar-refractivity contribution in [2.24, 2.45) is 5.92 Å².